The van der Waals surface area contributed by atoms with Gasteiger partial charge in [-0.1, -0.05) is 0 Å². The molecule has 1 aliphatic heterocycles. The molecule has 7 heteroatoms. The Morgan fingerprint density at radius 2 is 1.96 bits per heavy atom. The fraction of sp³-hybridized carbons (Fsp3) is 0.316. The predicted molar refractivity (Wildman–Crippen MR) is 94.8 cm³/mol. The van der Waals surface area contributed by atoms with Crippen molar-refractivity contribution in [1.82, 2.24) is 0 Å². The van der Waals surface area contributed by atoms with Crippen molar-refractivity contribution < 1.29 is 22.7 Å². The van der Waals surface area contributed by atoms with Gasteiger partial charge in [-0.3, -0.25) is 0 Å². The summed E-state index contributed by atoms with van der Waals surface area (Å²) in [6.45, 7) is 0. The first-order valence-electron chi connectivity index (χ1n) is 8.33. The van der Waals surface area contributed by atoms with Crippen molar-refractivity contribution in [1.29, 1.82) is 0 Å². The van der Waals surface area contributed by atoms with E-state index in [0.717, 1.165) is 36.4 Å². The second-order valence-electron chi connectivity index (χ2n) is 7.20. The topological polar surface area (TPSA) is 83.5 Å². The van der Waals surface area contributed by atoms with Crippen LogP contribution in [0.15, 0.2) is 41.3 Å². The summed E-state index contributed by atoms with van der Waals surface area (Å²) < 4.78 is 38.1. The van der Waals surface area contributed by atoms with Crippen LogP contribution < -0.4 is 5.32 Å². The third-order valence-corrected chi connectivity index (χ3v) is 6.53. The standard InChI is InChI=1S/C19H18FNO4S/c1-26(24,25)17-5-3-12(20)9-13(17)16-10-19(6-7-19)14-8-11(18(22)23)2-4-15(14)21-16/h2-5,8-9,16,21H,6-7,10H2,1H3,(H,22,23). The SMILES string of the molecule is CS(=O)(=O)c1ccc(F)cc1C1CC2(CC2)c2cc(C(=O)O)ccc2N1. The van der Waals surface area contributed by atoms with E-state index in [0.29, 0.717) is 12.0 Å². The van der Waals surface area contributed by atoms with E-state index in [9.17, 15) is 22.7 Å². The second kappa shape index (κ2) is 5.54. The van der Waals surface area contributed by atoms with Gasteiger partial charge in [0, 0.05) is 11.9 Å². The summed E-state index contributed by atoms with van der Waals surface area (Å²) in [5.41, 5.74) is 2.22. The van der Waals surface area contributed by atoms with Crippen LogP contribution in [0.4, 0.5) is 10.1 Å². The van der Waals surface area contributed by atoms with Crippen molar-refractivity contribution >= 4 is 21.5 Å². The zero-order valence-corrected chi connectivity index (χ0v) is 14.9. The summed E-state index contributed by atoms with van der Waals surface area (Å²) in [6, 6.07) is 8.33. The van der Waals surface area contributed by atoms with Crippen molar-refractivity contribution in [2.45, 2.75) is 35.6 Å². The molecule has 1 saturated carbocycles. The van der Waals surface area contributed by atoms with Crippen LogP contribution >= 0.6 is 0 Å². The van der Waals surface area contributed by atoms with E-state index in [1.54, 1.807) is 12.1 Å². The van der Waals surface area contributed by atoms with Crippen LogP contribution in [0.1, 0.15) is 46.8 Å². The molecule has 136 valence electrons. The summed E-state index contributed by atoms with van der Waals surface area (Å²) >= 11 is 0. The van der Waals surface area contributed by atoms with Gasteiger partial charge < -0.3 is 10.4 Å². The molecule has 1 heterocycles. The molecule has 5 nitrogen and oxygen atoms in total. The molecule has 1 fully saturated rings. The van der Waals surface area contributed by atoms with Crippen LogP contribution in [-0.4, -0.2) is 25.7 Å². The van der Waals surface area contributed by atoms with Crippen molar-refractivity contribution in [2.75, 3.05) is 11.6 Å². The van der Waals surface area contributed by atoms with E-state index in [-0.39, 0.29) is 21.9 Å². The lowest BCUT2D eigenvalue weighted by molar-refractivity contribution is 0.0696. The van der Waals surface area contributed by atoms with E-state index >= 15 is 0 Å². The van der Waals surface area contributed by atoms with Gasteiger partial charge in [-0.05, 0) is 72.2 Å². The zero-order chi connectivity index (χ0) is 18.7. The van der Waals surface area contributed by atoms with E-state index in [2.05, 4.69) is 5.32 Å². The van der Waals surface area contributed by atoms with Crippen molar-refractivity contribution in [2.24, 2.45) is 0 Å². The maximum atomic E-state index is 13.8. The fourth-order valence-electron chi connectivity index (χ4n) is 3.92. The van der Waals surface area contributed by atoms with Gasteiger partial charge in [0.2, 0.25) is 0 Å². The number of hydrogen-bond donors (Lipinski definition) is 2. The lowest BCUT2D eigenvalue weighted by atomic mass is 9.81. The van der Waals surface area contributed by atoms with Gasteiger partial charge in [0.25, 0.3) is 0 Å². The highest BCUT2D eigenvalue weighted by Gasteiger charge is 2.50. The first kappa shape index (κ1) is 17.0. The number of aromatic carboxylic acids is 1. The number of carbonyl (C=O) groups is 1. The van der Waals surface area contributed by atoms with Gasteiger partial charge in [-0.2, -0.15) is 0 Å². The molecule has 0 saturated heterocycles. The minimum atomic E-state index is -3.50. The number of anilines is 1. The number of nitrogens with one attached hydrogen (secondary N) is 1. The van der Waals surface area contributed by atoms with E-state index in [4.69, 9.17) is 0 Å². The molecule has 4 rings (SSSR count). The van der Waals surface area contributed by atoms with Gasteiger partial charge in [0.1, 0.15) is 5.82 Å². The van der Waals surface area contributed by atoms with Gasteiger partial charge in [0.15, 0.2) is 9.84 Å². The minimum Gasteiger partial charge on any atom is -0.478 e. The summed E-state index contributed by atoms with van der Waals surface area (Å²) in [5.74, 6) is -1.46. The molecule has 2 aromatic carbocycles. The lowest BCUT2D eigenvalue weighted by Gasteiger charge is -2.34. The average molecular weight is 375 g/mol. The van der Waals surface area contributed by atoms with Gasteiger partial charge in [-0.15, -0.1) is 0 Å². The van der Waals surface area contributed by atoms with Crippen LogP contribution in [0, 0.1) is 5.82 Å². The van der Waals surface area contributed by atoms with Crippen LogP contribution in [-0.2, 0) is 15.3 Å². The highest BCUT2D eigenvalue weighted by atomic mass is 32.2. The Kier molecular flexibility index (Phi) is 3.63. The first-order valence-corrected chi connectivity index (χ1v) is 10.2. The van der Waals surface area contributed by atoms with Crippen LogP contribution in [0.25, 0.3) is 0 Å². The number of fused-ring (bicyclic) bond motifs is 2. The smallest absolute Gasteiger partial charge is 0.335 e. The molecule has 2 aromatic rings. The second-order valence-corrected chi connectivity index (χ2v) is 9.19. The molecule has 0 radical (unpaired) electrons. The highest BCUT2D eigenvalue weighted by Crippen LogP contribution is 2.59. The van der Waals surface area contributed by atoms with Crippen LogP contribution in [0.5, 0.6) is 0 Å². The number of halogens is 1. The zero-order valence-electron chi connectivity index (χ0n) is 14.1. The van der Waals surface area contributed by atoms with Crippen molar-refractivity contribution in [3.8, 4) is 0 Å². The predicted octanol–water partition coefficient (Wildman–Crippen LogP) is 3.52. The van der Waals surface area contributed by atoms with Crippen molar-refractivity contribution in [3.63, 3.8) is 0 Å². The number of rotatable bonds is 3. The molecular weight excluding hydrogens is 357 g/mol. The maximum absolute atomic E-state index is 13.8. The molecule has 1 unspecified atom stereocenters. The molecule has 2 aliphatic rings. The number of hydrogen-bond acceptors (Lipinski definition) is 4. The number of carboxylic acids is 1. The average Bonchev–Trinajstić information content (AvgIpc) is 3.33. The normalized spacial score (nSPS) is 20.3. The number of carboxylic acid groups (broad SMARTS) is 1. The molecule has 26 heavy (non-hydrogen) atoms. The van der Waals surface area contributed by atoms with E-state index < -0.39 is 21.6 Å². The molecule has 1 atom stereocenters. The largest absolute Gasteiger partial charge is 0.478 e. The summed E-state index contributed by atoms with van der Waals surface area (Å²) in [5, 5.41) is 12.5. The quantitative estimate of drug-likeness (QED) is 0.802. The molecular formula is C19H18FNO4S. The Morgan fingerprint density at radius 3 is 2.58 bits per heavy atom. The monoisotopic (exact) mass is 375 g/mol. The Balaban J connectivity index is 1.81. The third-order valence-electron chi connectivity index (χ3n) is 5.36. The van der Waals surface area contributed by atoms with Crippen LogP contribution in [0.3, 0.4) is 0 Å². The molecule has 2 N–H and O–H groups in total. The summed E-state index contributed by atoms with van der Waals surface area (Å²) in [7, 11) is -3.50. The van der Waals surface area contributed by atoms with Crippen LogP contribution in [0.2, 0.25) is 0 Å². The third kappa shape index (κ3) is 2.76. The Labute approximate surface area is 150 Å². The first-order chi connectivity index (χ1) is 12.2. The van der Waals surface area contributed by atoms with E-state index in [1.165, 1.54) is 18.2 Å². The van der Waals surface area contributed by atoms with Gasteiger partial charge in [-0.25, -0.2) is 17.6 Å². The maximum Gasteiger partial charge on any atom is 0.335 e. The number of benzene rings is 2. The van der Waals surface area contributed by atoms with E-state index in [1.807, 2.05) is 0 Å². The fourth-order valence-corrected chi connectivity index (χ4v) is 4.87. The Bertz CT molecular complexity index is 1030. The summed E-state index contributed by atoms with van der Waals surface area (Å²) in [4.78, 5) is 11.4. The highest BCUT2D eigenvalue weighted by molar-refractivity contribution is 7.90. The lowest BCUT2D eigenvalue weighted by Crippen LogP contribution is -2.27. The molecule has 0 aromatic heterocycles. The molecule has 0 bridgehead atoms. The molecule has 1 spiro atoms. The Hall–Kier alpha value is -2.41. The minimum absolute atomic E-state index is 0.123. The van der Waals surface area contributed by atoms with Gasteiger partial charge in [0.05, 0.1) is 16.5 Å². The summed E-state index contributed by atoms with van der Waals surface area (Å²) in [6.07, 6.45) is 3.54. The molecule has 0 amide bonds. The van der Waals surface area contributed by atoms with Gasteiger partial charge >= 0.3 is 5.97 Å². The Morgan fingerprint density at radius 1 is 1.23 bits per heavy atom. The number of sulfone groups is 1. The molecule has 1 aliphatic carbocycles. The van der Waals surface area contributed by atoms with Crippen molar-refractivity contribution in [3.05, 3.63) is 58.9 Å².